The van der Waals surface area contributed by atoms with Gasteiger partial charge in [-0.15, -0.1) is 0 Å². The van der Waals surface area contributed by atoms with E-state index in [0.29, 0.717) is 12.8 Å². The molecule has 0 aromatic rings. The summed E-state index contributed by atoms with van der Waals surface area (Å²) in [6, 6.07) is 0. The van der Waals surface area contributed by atoms with Crippen LogP contribution < -0.4 is 29.6 Å². The zero-order chi connectivity index (χ0) is 21.1. The maximum absolute atomic E-state index is 11.3. The monoisotopic (exact) mass is 442 g/mol. The largest absolute Gasteiger partial charge is 1.00 e. The van der Waals surface area contributed by atoms with E-state index in [4.69, 9.17) is 0 Å². The average molecular weight is 443 g/mol. The van der Waals surface area contributed by atoms with Crippen LogP contribution in [0.25, 0.3) is 0 Å². The summed E-state index contributed by atoms with van der Waals surface area (Å²) >= 11 is 0. The van der Waals surface area contributed by atoms with Crippen LogP contribution in [-0.2, 0) is 10.1 Å². The molecule has 0 radical (unpaired) electrons. The van der Waals surface area contributed by atoms with Crippen molar-refractivity contribution in [3.05, 3.63) is 0 Å². The quantitative estimate of drug-likeness (QED) is 0.167. The van der Waals surface area contributed by atoms with Crippen LogP contribution in [0, 0.1) is 0 Å². The second-order valence-corrected chi connectivity index (χ2v) is 10.3. The molecule has 0 amide bonds. The Kier molecular flexibility index (Phi) is 24.4. The van der Waals surface area contributed by atoms with Crippen molar-refractivity contribution < 1.29 is 47.6 Å². The fourth-order valence-corrected chi connectivity index (χ4v) is 4.71. The standard InChI is InChI=1S/C23H48O4S.Na/c1-3-4-20-23(28(25,26)27)21-18-16-14-12-10-8-6-5-7-9-11-13-15-17-19-22(2)24;/h22-24H,3-21H2,1-2H3,(H,25,26,27);/q;+1/p-1. The molecule has 0 aliphatic rings. The molecule has 0 aromatic heterocycles. The van der Waals surface area contributed by atoms with E-state index in [0.717, 1.165) is 44.9 Å². The summed E-state index contributed by atoms with van der Waals surface area (Å²) in [6.45, 7) is 3.89. The molecule has 170 valence electrons. The normalized spacial score (nSPS) is 13.8. The third kappa shape index (κ3) is 23.4. The number of aliphatic hydroxyl groups is 1. The fraction of sp³-hybridized carbons (Fsp3) is 1.00. The van der Waals surface area contributed by atoms with Gasteiger partial charge in [-0.2, -0.15) is 0 Å². The number of unbranched alkanes of at least 4 members (excludes halogenated alkanes) is 14. The molecule has 6 heteroatoms. The first-order valence-electron chi connectivity index (χ1n) is 12.0. The maximum atomic E-state index is 11.3. The molecule has 0 fully saturated rings. The first kappa shape index (κ1) is 32.1. The van der Waals surface area contributed by atoms with Crippen LogP contribution in [0.1, 0.15) is 136 Å². The van der Waals surface area contributed by atoms with Gasteiger partial charge in [0.25, 0.3) is 0 Å². The molecule has 2 unspecified atom stereocenters. The molecule has 4 nitrogen and oxygen atoms in total. The minimum absolute atomic E-state index is 0. The van der Waals surface area contributed by atoms with Crippen LogP contribution in [0.4, 0.5) is 0 Å². The Bertz CT molecular complexity index is 427. The van der Waals surface area contributed by atoms with E-state index in [1.165, 1.54) is 64.2 Å². The van der Waals surface area contributed by atoms with Crippen molar-refractivity contribution in [1.82, 2.24) is 0 Å². The Morgan fingerprint density at radius 1 is 0.655 bits per heavy atom. The molecule has 29 heavy (non-hydrogen) atoms. The van der Waals surface area contributed by atoms with E-state index < -0.39 is 15.4 Å². The van der Waals surface area contributed by atoms with Gasteiger partial charge in [-0.05, 0) is 26.2 Å². The summed E-state index contributed by atoms with van der Waals surface area (Å²) in [5.41, 5.74) is 0. The molecule has 0 spiro atoms. The first-order chi connectivity index (χ1) is 13.4. The molecule has 0 saturated heterocycles. The van der Waals surface area contributed by atoms with Crippen molar-refractivity contribution in [3.63, 3.8) is 0 Å². The van der Waals surface area contributed by atoms with Gasteiger partial charge in [-0.3, -0.25) is 0 Å². The van der Waals surface area contributed by atoms with Crippen molar-refractivity contribution in [2.24, 2.45) is 0 Å². The van der Waals surface area contributed by atoms with E-state index in [-0.39, 0.29) is 35.7 Å². The molecule has 0 bridgehead atoms. The van der Waals surface area contributed by atoms with E-state index in [9.17, 15) is 18.1 Å². The van der Waals surface area contributed by atoms with Crippen LogP contribution >= 0.6 is 0 Å². The van der Waals surface area contributed by atoms with Crippen molar-refractivity contribution in [3.8, 4) is 0 Å². The zero-order valence-electron chi connectivity index (χ0n) is 19.7. The van der Waals surface area contributed by atoms with Crippen LogP contribution in [0.15, 0.2) is 0 Å². The topological polar surface area (TPSA) is 77.4 Å². The van der Waals surface area contributed by atoms with Crippen molar-refractivity contribution in [1.29, 1.82) is 0 Å². The van der Waals surface area contributed by atoms with Crippen molar-refractivity contribution >= 4 is 10.1 Å². The minimum Gasteiger partial charge on any atom is -0.748 e. The average Bonchev–Trinajstić information content (AvgIpc) is 2.62. The number of hydrogen-bond donors (Lipinski definition) is 1. The molecule has 0 aromatic carbocycles. The van der Waals surface area contributed by atoms with Gasteiger partial charge in [-0.25, -0.2) is 8.42 Å². The van der Waals surface area contributed by atoms with E-state index >= 15 is 0 Å². The Morgan fingerprint density at radius 3 is 1.28 bits per heavy atom. The third-order valence-corrected chi connectivity index (χ3v) is 6.97. The van der Waals surface area contributed by atoms with E-state index in [1.54, 1.807) is 0 Å². The van der Waals surface area contributed by atoms with Crippen LogP contribution in [0.3, 0.4) is 0 Å². The zero-order valence-corrected chi connectivity index (χ0v) is 22.5. The summed E-state index contributed by atoms with van der Waals surface area (Å²) in [6.07, 6.45) is 20.9. The SMILES string of the molecule is CCCCC(CCCCCCCCCCCCCCCCC(C)O)S(=O)(=O)[O-].[Na+]. The van der Waals surface area contributed by atoms with Gasteiger partial charge < -0.3 is 9.66 Å². The summed E-state index contributed by atoms with van der Waals surface area (Å²) < 4.78 is 33.8. The predicted molar refractivity (Wildman–Crippen MR) is 119 cm³/mol. The smallest absolute Gasteiger partial charge is 0.748 e. The van der Waals surface area contributed by atoms with Gasteiger partial charge in [0.2, 0.25) is 0 Å². The summed E-state index contributed by atoms with van der Waals surface area (Å²) in [5, 5.41) is 8.54. The van der Waals surface area contributed by atoms with Gasteiger partial charge in [0.15, 0.2) is 0 Å². The molecular weight excluding hydrogens is 395 g/mol. The first-order valence-corrected chi connectivity index (χ1v) is 13.5. The van der Waals surface area contributed by atoms with Gasteiger partial charge >= 0.3 is 29.6 Å². The second kappa shape index (κ2) is 22.1. The van der Waals surface area contributed by atoms with Gasteiger partial charge in [0, 0.05) is 5.25 Å². The third-order valence-electron chi connectivity index (χ3n) is 5.69. The van der Waals surface area contributed by atoms with Crippen LogP contribution in [0.5, 0.6) is 0 Å². The van der Waals surface area contributed by atoms with Gasteiger partial charge in [-0.1, -0.05) is 110 Å². The number of rotatable bonds is 21. The van der Waals surface area contributed by atoms with Gasteiger partial charge in [0.05, 0.1) is 16.2 Å². The molecule has 0 saturated carbocycles. The molecule has 2 atom stereocenters. The molecule has 0 rings (SSSR count). The second-order valence-electron chi connectivity index (χ2n) is 8.63. The van der Waals surface area contributed by atoms with Crippen molar-refractivity contribution in [2.75, 3.05) is 0 Å². The van der Waals surface area contributed by atoms with Crippen LogP contribution in [-0.4, -0.2) is 29.4 Å². The Hall–Kier alpha value is 0.870. The maximum Gasteiger partial charge on any atom is 1.00 e. The summed E-state index contributed by atoms with van der Waals surface area (Å²) in [7, 11) is -4.12. The number of hydrogen-bond acceptors (Lipinski definition) is 4. The minimum atomic E-state index is -4.12. The molecular formula is C23H47NaO4S. The van der Waals surface area contributed by atoms with Crippen LogP contribution in [0.2, 0.25) is 0 Å². The number of aliphatic hydroxyl groups excluding tert-OH is 1. The predicted octanol–water partition coefficient (Wildman–Crippen LogP) is 3.72. The van der Waals surface area contributed by atoms with Crippen molar-refractivity contribution in [2.45, 2.75) is 147 Å². The summed E-state index contributed by atoms with van der Waals surface area (Å²) in [4.78, 5) is 0. The van der Waals surface area contributed by atoms with E-state index in [2.05, 4.69) is 0 Å². The summed E-state index contributed by atoms with van der Waals surface area (Å²) in [5.74, 6) is 0. The van der Waals surface area contributed by atoms with E-state index in [1.807, 2.05) is 13.8 Å². The molecule has 0 heterocycles. The fourth-order valence-electron chi connectivity index (χ4n) is 3.80. The van der Waals surface area contributed by atoms with Gasteiger partial charge in [0.1, 0.15) is 0 Å². The molecule has 1 N–H and O–H groups in total. The Labute approximate surface area is 204 Å². The Morgan fingerprint density at radius 2 is 0.966 bits per heavy atom. The molecule has 0 aliphatic carbocycles. The Balaban J connectivity index is 0. The molecule has 0 aliphatic heterocycles.